The van der Waals surface area contributed by atoms with Gasteiger partial charge in [-0.25, -0.2) is 4.68 Å². The molecule has 78 valence electrons. The van der Waals surface area contributed by atoms with Crippen LogP contribution in [0.3, 0.4) is 0 Å². The summed E-state index contributed by atoms with van der Waals surface area (Å²) in [6.07, 6.45) is 3.79. The molecule has 0 aliphatic rings. The van der Waals surface area contributed by atoms with Crippen molar-refractivity contribution in [3.05, 3.63) is 48.3 Å². The van der Waals surface area contributed by atoms with Crippen LogP contribution in [-0.4, -0.2) is 15.7 Å². The summed E-state index contributed by atoms with van der Waals surface area (Å²) in [6.45, 7) is 0. The lowest BCUT2D eigenvalue weighted by molar-refractivity contribution is 0.777. The van der Waals surface area contributed by atoms with Gasteiger partial charge in [-0.3, -0.25) is 0 Å². The third-order valence-corrected chi connectivity index (χ3v) is 2.56. The lowest BCUT2D eigenvalue weighted by Crippen LogP contribution is -2.02. The first kappa shape index (κ1) is 10.2. The van der Waals surface area contributed by atoms with E-state index in [4.69, 9.17) is 11.6 Å². The molecule has 3 heteroatoms. The van der Waals surface area contributed by atoms with E-state index in [9.17, 15) is 0 Å². The van der Waals surface area contributed by atoms with Crippen molar-refractivity contribution in [2.24, 2.45) is 0 Å². The quantitative estimate of drug-likeness (QED) is 0.725. The molecule has 0 N–H and O–H groups in total. The van der Waals surface area contributed by atoms with Crippen molar-refractivity contribution in [1.82, 2.24) is 9.78 Å². The minimum absolute atomic E-state index is 0.694. The first-order valence-electron chi connectivity index (χ1n) is 5.06. The first-order valence-corrected chi connectivity index (χ1v) is 5.59. The molecule has 0 unspecified atom stereocenters. The summed E-state index contributed by atoms with van der Waals surface area (Å²) in [6, 6.07) is 12.2. The Hall–Kier alpha value is -1.28. The van der Waals surface area contributed by atoms with Crippen molar-refractivity contribution in [2.75, 3.05) is 5.88 Å². The predicted molar refractivity (Wildman–Crippen MR) is 62.6 cm³/mol. The van der Waals surface area contributed by atoms with E-state index in [1.807, 2.05) is 35.1 Å². The Morgan fingerprint density at radius 3 is 2.67 bits per heavy atom. The van der Waals surface area contributed by atoms with Gasteiger partial charge in [0.1, 0.15) is 0 Å². The van der Waals surface area contributed by atoms with Gasteiger partial charge in [0.15, 0.2) is 0 Å². The van der Waals surface area contributed by atoms with E-state index in [2.05, 4.69) is 17.2 Å². The summed E-state index contributed by atoms with van der Waals surface area (Å²) < 4.78 is 1.96. The van der Waals surface area contributed by atoms with E-state index in [0.717, 1.165) is 18.5 Å². The highest BCUT2D eigenvalue weighted by molar-refractivity contribution is 6.17. The zero-order chi connectivity index (χ0) is 10.5. The number of halogens is 1. The number of nitrogens with zero attached hydrogens (tertiary/aromatic N) is 2. The molecule has 15 heavy (non-hydrogen) atoms. The summed E-state index contributed by atoms with van der Waals surface area (Å²) in [4.78, 5) is 0. The monoisotopic (exact) mass is 220 g/mol. The smallest absolute Gasteiger partial charge is 0.0648 e. The minimum Gasteiger partial charge on any atom is -0.238 e. The van der Waals surface area contributed by atoms with E-state index < -0.39 is 0 Å². The lowest BCUT2D eigenvalue weighted by Gasteiger charge is -2.06. The summed E-state index contributed by atoms with van der Waals surface area (Å²) >= 11 is 5.69. The Morgan fingerprint density at radius 2 is 1.93 bits per heavy atom. The van der Waals surface area contributed by atoms with Crippen molar-refractivity contribution >= 4 is 11.6 Å². The highest BCUT2D eigenvalue weighted by atomic mass is 35.5. The number of benzene rings is 1. The summed E-state index contributed by atoms with van der Waals surface area (Å²) in [5.41, 5.74) is 2.31. The van der Waals surface area contributed by atoms with Gasteiger partial charge in [0.05, 0.1) is 5.69 Å². The summed E-state index contributed by atoms with van der Waals surface area (Å²) in [5.74, 6) is 0.694. The number of hydrogen-bond donors (Lipinski definition) is 0. The van der Waals surface area contributed by atoms with Crippen molar-refractivity contribution in [3.8, 4) is 5.69 Å². The molecule has 0 spiro atoms. The minimum atomic E-state index is 0.694. The number of para-hydroxylation sites is 1. The Bertz CT molecular complexity index is 409. The van der Waals surface area contributed by atoms with Crippen molar-refractivity contribution < 1.29 is 0 Å². The van der Waals surface area contributed by atoms with Gasteiger partial charge in [0, 0.05) is 17.8 Å². The Balaban J connectivity index is 2.25. The molecule has 0 aliphatic heterocycles. The highest BCUT2D eigenvalue weighted by Crippen LogP contribution is 2.11. The Morgan fingerprint density at radius 1 is 1.13 bits per heavy atom. The number of aryl methyl sites for hydroxylation is 1. The number of aromatic nitrogens is 2. The van der Waals surface area contributed by atoms with Crippen LogP contribution in [-0.2, 0) is 6.42 Å². The van der Waals surface area contributed by atoms with Gasteiger partial charge in [-0.05, 0) is 31.0 Å². The second kappa shape index (κ2) is 4.99. The van der Waals surface area contributed by atoms with E-state index in [1.54, 1.807) is 0 Å². The molecular weight excluding hydrogens is 208 g/mol. The highest BCUT2D eigenvalue weighted by Gasteiger charge is 2.03. The number of hydrogen-bond acceptors (Lipinski definition) is 1. The molecule has 0 aliphatic carbocycles. The van der Waals surface area contributed by atoms with Crippen LogP contribution < -0.4 is 0 Å². The zero-order valence-corrected chi connectivity index (χ0v) is 9.19. The van der Waals surface area contributed by atoms with E-state index in [1.165, 1.54) is 5.69 Å². The average molecular weight is 221 g/mol. The molecule has 1 aromatic carbocycles. The third kappa shape index (κ3) is 2.39. The van der Waals surface area contributed by atoms with Crippen LogP contribution in [0.15, 0.2) is 42.6 Å². The lowest BCUT2D eigenvalue weighted by atomic mass is 10.2. The van der Waals surface area contributed by atoms with Crippen LogP contribution in [0.4, 0.5) is 0 Å². The van der Waals surface area contributed by atoms with Crippen LogP contribution in [0.1, 0.15) is 12.1 Å². The van der Waals surface area contributed by atoms with Gasteiger partial charge in [0.2, 0.25) is 0 Å². The van der Waals surface area contributed by atoms with Gasteiger partial charge in [-0.15, -0.1) is 11.6 Å². The second-order valence-electron chi connectivity index (χ2n) is 3.36. The maximum atomic E-state index is 5.69. The molecule has 0 saturated carbocycles. The topological polar surface area (TPSA) is 17.8 Å². The molecule has 2 nitrogen and oxygen atoms in total. The van der Waals surface area contributed by atoms with Crippen LogP contribution in [0.5, 0.6) is 0 Å². The largest absolute Gasteiger partial charge is 0.238 e. The van der Waals surface area contributed by atoms with Crippen LogP contribution in [0.25, 0.3) is 5.69 Å². The zero-order valence-electron chi connectivity index (χ0n) is 8.44. The first-order chi connectivity index (χ1) is 7.42. The van der Waals surface area contributed by atoms with E-state index in [0.29, 0.717) is 5.88 Å². The number of alkyl halides is 1. The van der Waals surface area contributed by atoms with Crippen molar-refractivity contribution in [1.29, 1.82) is 0 Å². The average Bonchev–Trinajstić information content (AvgIpc) is 2.75. The van der Waals surface area contributed by atoms with Crippen molar-refractivity contribution in [2.45, 2.75) is 12.8 Å². The maximum absolute atomic E-state index is 5.69. The number of rotatable bonds is 4. The van der Waals surface area contributed by atoms with E-state index in [-0.39, 0.29) is 0 Å². The molecule has 0 amide bonds. The molecular formula is C12H13ClN2. The third-order valence-electron chi connectivity index (χ3n) is 2.29. The van der Waals surface area contributed by atoms with Gasteiger partial charge in [-0.1, -0.05) is 18.2 Å². The molecule has 1 aromatic heterocycles. The molecule has 0 saturated heterocycles. The molecule has 0 fully saturated rings. The molecule has 1 heterocycles. The molecule has 2 aromatic rings. The molecule has 0 radical (unpaired) electrons. The molecule has 2 rings (SSSR count). The van der Waals surface area contributed by atoms with Gasteiger partial charge >= 0.3 is 0 Å². The van der Waals surface area contributed by atoms with Crippen LogP contribution in [0.2, 0.25) is 0 Å². The fourth-order valence-electron chi connectivity index (χ4n) is 1.57. The van der Waals surface area contributed by atoms with Crippen LogP contribution in [0, 0.1) is 0 Å². The van der Waals surface area contributed by atoms with Gasteiger partial charge in [-0.2, -0.15) is 5.10 Å². The normalized spacial score (nSPS) is 10.5. The predicted octanol–water partition coefficient (Wildman–Crippen LogP) is 3.04. The standard InChI is InChI=1S/C12H13ClN2/c13-9-4-7-12-8-10-14-15(12)11-5-2-1-3-6-11/h1-3,5-6,8,10H,4,7,9H2. The Kier molecular flexibility index (Phi) is 3.41. The second-order valence-corrected chi connectivity index (χ2v) is 3.74. The fraction of sp³-hybridized carbons (Fsp3) is 0.250. The Labute approximate surface area is 94.5 Å². The van der Waals surface area contributed by atoms with Crippen molar-refractivity contribution in [3.63, 3.8) is 0 Å². The van der Waals surface area contributed by atoms with E-state index >= 15 is 0 Å². The fourth-order valence-corrected chi connectivity index (χ4v) is 1.70. The maximum Gasteiger partial charge on any atom is 0.0648 e. The summed E-state index contributed by atoms with van der Waals surface area (Å²) in [5, 5.41) is 4.31. The SMILES string of the molecule is ClCCCc1ccnn1-c1ccccc1. The van der Waals surface area contributed by atoms with Gasteiger partial charge in [0.25, 0.3) is 0 Å². The molecule has 0 atom stereocenters. The summed E-state index contributed by atoms with van der Waals surface area (Å²) in [7, 11) is 0. The van der Waals surface area contributed by atoms with Gasteiger partial charge < -0.3 is 0 Å². The molecule has 0 bridgehead atoms. The van der Waals surface area contributed by atoms with Crippen LogP contribution >= 0.6 is 11.6 Å².